The first-order valence-electron chi connectivity index (χ1n) is 8.13. The largest absolute Gasteiger partial charge is 0.490 e. The van der Waals surface area contributed by atoms with Crippen LogP contribution in [-0.2, 0) is 6.54 Å². The molecule has 3 aromatic rings. The monoisotopic (exact) mass is 311 g/mol. The molecule has 0 bridgehead atoms. The van der Waals surface area contributed by atoms with Crippen molar-refractivity contribution in [3.05, 3.63) is 48.3 Å². The summed E-state index contributed by atoms with van der Waals surface area (Å²) in [4.78, 5) is 9.93. The van der Waals surface area contributed by atoms with Crippen LogP contribution in [0.1, 0.15) is 24.3 Å². The van der Waals surface area contributed by atoms with E-state index in [1.807, 2.05) is 19.2 Å². The molecule has 0 saturated carbocycles. The van der Waals surface area contributed by atoms with E-state index < -0.39 is 0 Å². The molecule has 4 rings (SSSR count). The SMILES string of the molecule is Cc1ocnc1CN1CCC(Oc2cccc3[nH]ccc23)CC1. The minimum atomic E-state index is 0.283. The number of fused-ring (bicyclic) bond motifs is 1. The van der Waals surface area contributed by atoms with Gasteiger partial charge in [-0.25, -0.2) is 4.98 Å². The third-order valence-corrected chi connectivity index (χ3v) is 4.60. The van der Waals surface area contributed by atoms with Gasteiger partial charge in [-0.2, -0.15) is 0 Å². The maximum atomic E-state index is 6.25. The molecule has 5 nitrogen and oxygen atoms in total. The smallest absolute Gasteiger partial charge is 0.181 e. The molecule has 0 radical (unpaired) electrons. The molecule has 1 aliphatic rings. The summed E-state index contributed by atoms with van der Waals surface area (Å²) < 4.78 is 11.5. The number of aromatic nitrogens is 2. The minimum absolute atomic E-state index is 0.283. The summed E-state index contributed by atoms with van der Waals surface area (Å²) in [5.74, 6) is 1.90. The van der Waals surface area contributed by atoms with Crippen LogP contribution in [0.25, 0.3) is 10.9 Å². The number of ether oxygens (including phenoxy) is 1. The van der Waals surface area contributed by atoms with Crippen LogP contribution < -0.4 is 4.74 Å². The molecule has 0 unspecified atom stereocenters. The average Bonchev–Trinajstić information content (AvgIpc) is 3.19. The van der Waals surface area contributed by atoms with E-state index in [4.69, 9.17) is 9.15 Å². The Balaban J connectivity index is 1.36. The summed E-state index contributed by atoms with van der Waals surface area (Å²) in [6.07, 6.45) is 5.85. The summed E-state index contributed by atoms with van der Waals surface area (Å²) in [6.45, 7) is 4.89. The third-order valence-electron chi connectivity index (χ3n) is 4.60. The van der Waals surface area contributed by atoms with E-state index in [1.54, 1.807) is 0 Å². The molecule has 0 amide bonds. The third kappa shape index (κ3) is 2.97. The van der Waals surface area contributed by atoms with E-state index in [0.29, 0.717) is 0 Å². The van der Waals surface area contributed by atoms with Gasteiger partial charge in [0.05, 0.1) is 5.69 Å². The number of benzene rings is 1. The fourth-order valence-electron chi connectivity index (χ4n) is 3.22. The zero-order valence-electron chi connectivity index (χ0n) is 13.3. The lowest BCUT2D eigenvalue weighted by Crippen LogP contribution is -2.38. The Kier molecular flexibility index (Phi) is 3.79. The molecule has 0 spiro atoms. The van der Waals surface area contributed by atoms with Crippen molar-refractivity contribution >= 4 is 10.9 Å². The van der Waals surface area contributed by atoms with Crippen molar-refractivity contribution in [3.63, 3.8) is 0 Å². The van der Waals surface area contributed by atoms with Gasteiger partial charge in [-0.15, -0.1) is 0 Å². The van der Waals surface area contributed by atoms with Gasteiger partial charge in [0.15, 0.2) is 6.39 Å². The first-order chi connectivity index (χ1) is 11.3. The highest BCUT2D eigenvalue weighted by Crippen LogP contribution is 2.27. The highest BCUT2D eigenvalue weighted by molar-refractivity contribution is 5.85. The normalized spacial score (nSPS) is 16.9. The molecule has 1 aliphatic heterocycles. The van der Waals surface area contributed by atoms with E-state index in [0.717, 1.165) is 60.6 Å². The molecule has 3 heterocycles. The topological polar surface area (TPSA) is 54.3 Å². The lowest BCUT2D eigenvalue weighted by molar-refractivity contribution is 0.0971. The first kappa shape index (κ1) is 14.3. The predicted molar refractivity (Wildman–Crippen MR) is 88.5 cm³/mol. The summed E-state index contributed by atoms with van der Waals surface area (Å²) in [5, 5.41) is 1.16. The summed E-state index contributed by atoms with van der Waals surface area (Å²) in [6, 6.07) is 8.25. The highest BCUT2D eigenvalue weighted by Gasteiger charge is 2.22. The Bertz CT molecular complexity index is 784. The lowest BCUT2D eigenvalue weighted by Gasteiger charge is -2.31. The number of piperidine rings is 1. The fourth-order valence-corrected chi connectivity index (χ4v) is 3.22. The number of H-pyrrole nitrogens is 1. The number of hydrogen-bond acceptors (Lipinski definition) is 4. The molecular formula is C18H21N3O2. The summed E-state index contributed by atoms with van der Waals surface area (Å²) in [7, 11) is 0. The van der Waals surface area contributed by atoms with Crippen molar-refractivity contribution in [2.45, 2.75) is 32.4 Å². The molecule has 1 saturated heterocycles. The van der Waals surface area contributed by atoms with Crippen molar-refractivity contribution in [2.75, 3.05) is 13.1 Å². The van der Waals surface area contributed by atoms with Gasteiger partial charge in [0.1, 0.15) is 17.6 Å². The van der Waals surface area contributed by atoms with E-state index in [9.17, 15) is 0 Å². The number of aryl methyl sites for hydroxylation is 1. The number of likely N-dealkylation sites (tertiary alicyclic amines) is 1. The van der Waals surface area contributed by atoms with E-state index in [2.05, 4.69) is 33.1 Å². The molecule has 0 aliphatic carbocycles. The van der Waals surface area contributed by atoms with Gasteiger partial charge in [0.25, 0.3) is 0 Å². The van der Waals surface area contributed by atoms with E-state index >= 15 is 0 Å². The van der Waals surface area contributed by atoms with Gasteiger partial charge in [0.2, 0.25) is 0 Å². The van der Waals surface area contributed by atoms with Gasteiger partial charge in [-0.05, 0) is 38.0 Å². The number of oxazole rings is 1. The summed E-state index contributed by atoms with van der Waals surface area (Å²) in [5.41, 5.74) is 2.17. The van der Waals surface area contributed by atoms with E-state index in [1.165, 1.54) is 6.39 Å². The summed E-state index contributed by atoms with van der Waals surface area (Å²) >= 11 is 0. The Morgan fingerprint density at radius 3 is 2.96 bits per heavy atom. The zero-order valence-corrected chi connectivity index (χ0v) is 13.3. The number of nitrogens with zero attached hydrogens (tertiary/aromatic N) is 2. The van der Waals surface area contributed by atoms with Gasteiger partial charge in [0, 0.05) is 36.7 Å². The molecule has 1 fully saturated rings. The van der Waals surface area contributed by atoms with Crippen molar-refractivity contribution in [2.24, 2.45) is 0 Å². The Hall–Kier alpha value is -2.27. The number of hydrogen-bond donors (Lipinski definition) is 1. The number of nitrogens with one attached hydrogen (secondary N) is 1. The van der Waals surface area contributed by atoms with Gasteiger partial charge >= 0.3 is 0 Å². The molecule has 1 aromatic carbocycles. The lowest BCUT2D eigenvalue weighted by atomic mass is 10.1. The first-order valence-corrected chi connectivity index (χ1v) is 8.13. The number of aromatic amines is 1. The Morgan fingerprint density at radius 1 is 1.30 bits per heavy atom. The zero-order chi connectivity index (χ0) is 15.6. The second kappa shape index (κ2) is 6.08. The Labute approximate surface area is 135 Å². The molecule has 0 atom stereocenters. The van der Waals surface area contributed by atoms with E-state index in [-0.39, 0.29) is 6.10 Å². The second-order valence-corrected chi connectivity index (χ2v) is 6.14. The average molecular weight is 311 g/mol. The van der Waals surface area contributed by atoms with Crippen LogP contribution in [-0.4, -0.2) is 34.1 Å². The van der Waals surface area contributed by atoms with Crippen LogP contribution in [0.2, 0.25) is 0 Å². The number of rotatable bonds is 4. The van der Waals surface area contributed by atoms with Gasteiger partial charge in [-0.1, -0.05) is 6.07 Å². The Morgan fingerprint density at radius 2 is 2.17 bits per heavy atom. The van der Waals surface area contributed by atoms with Crippen LogP contribution in [0.15, 0.2) is 41.3 Å². The molecule has 5 heteroatoms. The van der Waals surface area contributed by atoms with Crippen LogP contribution in [0.3, 0.4) is 0 Å². The van der Waals surface area contributed by atoms with Crippen LogP contribution in [0.4, 0.5) is 0 Å². The predicted octanol–water partition coefficient (Wildman–Crippen LogP) is 3.51. The minimum Gasteiger partial charge on any atom is -0.490 e. The molecule has 23 heavy (non-hydrogen) atoms. The van der Waals surface area contributed by atoms with Gasteiger partial charge in [-0.3, -0.25) is 4.90 Å². The molecular weight excluding hydrogens is 290 g/mol. The van der Waals surface area contributed by atoms with Crippen LogP contribution in [0.5, 0.6) is 5.75 Å². The second-order valence-electron chi connectivity index (χ2n) is 6.14. The standard InChI is InChI=1S/C18H21N3O2/c1-13-17(20-12-22-13)11-21-9-6-14(7-10-21)23-18-4-2-3-16-15(18)5-8-19-16/h2-5,8,12,14,19H,6-7,9-11H2,1H3. The van der Waals surface area contributed by atoms with Crippen molar-refractivity contribution in [3.8, 4) is 5.75 Å². The van der Waals surface area contributed by atoms with Crippen molar-refractivity contribution < 1.29 is 9.15 Å². The quantitative estimate of drug-likeness (QED) is 0.801. The van der Waals surface area contributed by atoms with Gasteiger partial charge < -0.3 is 14.1 Å². The maximum Gasteiger partial charge on any atom is 0.181 e. The van der Waals surface area contributed by atoms with Crippen LogP contribution in [0, 0.1) is 6.92 Å². The molecule has 2 aromatic heterocycles. The fraction of sp³-hybridized carbons (Fsp3) is 0.389. The maximum absolute atomic E-state index is 6.25. The molecule has 120 valence electrons. The molecule has 1 N–H and O–H groups in total. The highest BCUT2D eigenvalue weighted by atomic mass is 16.5. The van der Waals surface area contributed by atoms with Crippen molar-refractivity contribution in [1.82, 2.24) is 14.9 Å². The van der Waals surface area contributed by atoms with Crippen molar-refractivity contribution in [1.29, 1.82) is 0 Å². The van der Waals surface area contributed by atoms with Crippen LogP contribution >= 0.6 is 0 Å².